The van der Waals surface area contributed by atoms with E-state index in [1.165, 1.54) is 0 Å². The lowest BCUT2D eigenvalue weighted by Gasteiger charge is -2.13. The summed E-state index contributed by atoms with van der Waals surface area (Å²) in [7, 11) is -2.73. The SMILES string of the molecule is Cc1ccc(S(=O)(=O)SCOCC#CC2=C/C=C\C=C(C3CC(O)C(CO)O3)/C=C\2)cc1. The monoisotopic (exact) mass is 474 g/mol. The molecule has 3 atom stereocenters. The highest BCUT2D eigenvalue weighted by molar-refractivity contribution is 8.72. The molecule has 0 radical (unpaired) electrons. The van der Waals surface area contributed by atoms with Crippen molar-refractivity contribution in [3.8, 4) is 11.8 Å². The minimum Gasteiger partial charge on any atom is -0.394 e. The molecule has 32 heavy (non-hydrogen) atoms. The quantitative estimate of drug-likeness (QED) is 0.272. The third-order valence-corrected chi connectivity index (χ3v) is 8.13. The summed E-state index contributed by atoms with van der Waals surface area (Å²) in [5.41, 5.74) is 2.64. The molecule has 1 aromatic rings. The van der Waals surface area contributed by atoms with Gasteiger partial charge in [-0.05, 0) is 36.8 Å². The number of aliphatic hydroxyl groups excluding tert-OH is 2. The highest BCUT2D eigenvalue weighted by atomic mass is 33.1. The van der Waals surface area contributed by atoms with Crippen LogP contribution in [0.3, 0.4) is 0 Å². The third kappa shape index (κ3) is 6.94. The Hall–Kier alpha value is -2.12. The molecule has 0 spiro atoms. The molecule has 2 aliphatic rings. The molecule has 1 saturated heterocycles. The van der Waals surface area contributed by atoms with Gasteiger partial charge < -0.3 is 19.7 Å². The van der Waals surface area contributed by atoms with Gasteiger partial charge in [0.15, 0.2) is 0 Å². The summed E-state index contributed by atoms with van der Waals surface area (Å²) >= 11 is 0. The second-order valence-electron chi connectivity index (χ2n) is 7.31. The fourth-order valence-electron chi connectivity index (χ4n) is 3.13. The number of allylic oxidation sites excluding steroid dienone is 6. The first-order valence-corrected chi connectivity index (χ1v) is 13.1. The van der Waals surface area contributed by atoms with E-state index in [1.807, 2.05) is 43.4 Å². The Morgan fingerprint density at radius 3 is 2.66 bits per heavy atom. The molecule has 2 N–H and O–H groups in total. The van der Waals surface area contributed by atoms with Gasteiger partial charge in [0.2, 0.25) is 8.87 Å². The molecule has 1 heterocycles. The third-order valence-electron chi connectivity index (χ3n) is 4.91. The van der Waals surface area contributed by atoms with Crippen LogP contribution in [0.15, 0.2) is 76.8 Å². The van der Waals surface area contributed by atoms with Crippen LogP contribution in [0.2, 0.25) is 0 Å². The molecule has 1 fully saturated rings. The fraction of sp³-hybridized carbons (Fsp3) is 0.333. The average molecular weight is 475 g/mol. The van der Waals surface area contributed by atoms with Gasteiger partial charge in [-0.1, -0.05) is 53.8 Å². The van der Waals surface area contributed by atoms with Gasteiger partial charge in [-0.2, -0.15) is 0 Å². The molecule has 0 amide bonds. The van der Waals surface area contributed by atoms with Gasteiger partial charge in [0.1, 0.15) is 18.6 Å². The predicted molar refractivity (Wildman–Crippen MR) is 125 cm³/mol. The number of rotatable bonds is 7. The van der Waals surface area contributed by atoms with Crippen molar-refractivity contribution in [2.75, 3.05) is 19.2 Å². The lowest BCUT2D eigenvalue weighted by Crippen LogP contribution is -2.24. The number of aliphatic hydroxyl groups is 2. The lowest BCUT2D eigenvalue weighted by molar-refractivity contribution is -0.0123. The zero-order valence-corrected chi connectivity index (χ0v) is 19.3. The van der Waals surface area contributed by atoms with Gasteiger partial charge in [0.05, 0.1) is 23.7 Å². The predicted octanol–water partition coefficient (Wildman–Crippen LogP) is 2.88. The topological polar surface area (TPSA) is 93.1 Å². The molecule has 1 aliphatic heterocycles. The average Bonchev–Trinajstić information content (AvgIpc) is 3.12. The van der Waals surface area contributed by atoms with Gasteiger partial charge >= 0.3 is 0 Å². The smallest absolute Gasteiger partial charge is 0.232 e. The molecule has 1 aliphatic carbocycles. The van der Waals surface area contributed by atoms with Crippen LogP contribution in [0.1, 0.15) is 12.0 Å². The van der Waals surface area contributed by atoms with Crippen LogP contribution in [0.4, 0.5) is 0 Å². The summed E-state index contributed by atoms with van der Waals surface area (Å²) in [4.78, 5) is 0.257. The van der Waals surface area contributed by atoms with Gasteiger partial charge in [0, 0.05) is 22.8 Å². The molecular formula is C24H26O6S2. The van der Waals surface area contributed by atoms with E-state index in [9.17, 15) is 18.6 Å². The van der Waals surface area contributed by atoms with E-state index < -0.39 is 21.1 Å². The zero-order valence-electron chi connectivity index (χ0n) is 17.7. The maximum atomic E-state index is 12.3. The molecule has 6 nitrogen and oxygen atoms in total. The molecule has 3 rings (SSSR count). The van der Waals surface area contributed by atoms with Crippen LogP contribution < -0.4 is 0 Å². The van der Waals surface area contributed by atoms with E-state index in [0.29, 0.717) is 6.42 Å². The first-order chi connectivity index (χ1) is 15.4. The minimum absolute atomic E-state index is 0.0140. The van der Waals surface area contributed by atoms with Gasteiger partial charge in [-0.3, -0.25) is 0 Å². The van der Waals surface area contributed by atoms with Gasteiger partial charge in [-0.15, -0.1) is 0 Å². The first kappa shape index (κ1) is 24.5. The molecular weight excluding hydrogens is 448 g/mol. The summed E-state index contributed by atoms with van der Waals surface area (Å²) in [5.74, 6) is 5.87. The Morgan fingerprint density at radius 1 is 1.19 bits per heavy atom. The molecule has 3 unspecified atom stereocenters. The Balaban J connectivity index is 1.48. The molecule has 0 saturated carbocycles. The second-order valence-corrected chi connectivity index (χ2v) is 11.2. The highest BCUT2D eigenvalue weighted by Crippen LogP contribution is 2.27. The van der Waals surface area contributed by atoms with E-state index in [2.05, 4.69) is 11.8 Å². The van der Waals surface area contributed by atoms with Crippen molar-refractivity contribution in [1.29, 1.82) is 0 Å². The summed E-state index contributed by atoms with van der Waals surface area (Å²) in [6.07, 6.45) is 10.1. The van der Waals surface area contributed by atoms with Crippen molar-refractivity contribution < 1.29 is 28.1 Å². The Bertz CT molecular complexity index is 1070. The van der Waals surface area contributed by atoms with Crippen LogP contribution in [-0.2, 0) is 18.3 Å². The summed E-state index contributed by atoms with van der Waals surface area (Å²) in [5, 5.41) is 19.2. The zero-order chi connectivity index (χ0) is 23.0. The summed E-state index contributed by atoms with van der Waals surface area (Å²) in [6.45, 7) is 1.79. The van der Waals surface area contributed by atoms with E-state index >= 15 is 0 Å². The molecule has 8 heteroatoms. The van der Waals surface area contributed by atoms with Crippen molar-refractivity contribution in [2.24, 2.45) is 0 Å². The van der Waals surface area contributed by atoms with Gasteiger partial charge in [0.25, 0.3) is 0 Å². The van der Waals surface area contributed by atoms with Crippen molar-refractivity contribution in [3.05, 3.63) is 77.4 Å². The molecule has 1 aromatic carbocycles. The minimum atomic E-state index is -3.46. The van der Waals surface area contributed by atoms with Crippen LogP contribution in [0.5, 0.6) is 0 Å². The fourth-order valence-corrected chi connectivity index (χ4v) is 5.34. The van der Waals surface area contributed by atoms with E-state index in [4.69, 9.17) is 9.47 Å². The number of ether oxygens (including phenoxy) is 2. The number of benzene rings is 1. The van der Waals surface area contributed by atoms with E-state index in [1.54, 1.807) is 24.3 Å². The molecule has 170 valence electrons. The van der Waals surface area contributed by atoms with Crippen LogP contribution >= 0.6 is 10.8 Å². The van der Waals surface area contributed by atoms with Crippen molar-refractivity contribution in [3.63, 3.8) is 0 Å². The standard InChI is InChI=1S/C24H26O6S2/c1-18-8-12-21(13-9-18)32(27,28)31-17-29-14-4-6-19-5-2-3-7-20(11-10-19)23-15-22(26)24(16-25)30-23/h2-3,5,7-13,22-26H,14-17H2,1H3/b3-2-,5-2?,7-3?,11-10-,19-5-,19-10?,20-7+,20-11?. The second kappa shape index (κ2) is 11.7. The normalized spacial score (nSPS) is 28.3. The van der Waals surface area contributed by atoms with E-state index in [-0.39, 0.29) is 30.2 Å². The Kier molecular flexibility index (Phi) is 8.93. The van der Waals surface area contributed by atoms with Crippen LogP contribution in [-0.4, -0.2) is 56.1 Å². The number of aryl methyl sites for hydroxylation is 1. The van der Waals surface area contributed by atoms with E-state index in [0.717, 1.165) is 27.5 Å². The van der Waals surface area contributed by atoms with Crippen molar-refractivity contribution in [2.45, 2.75) is 36.6 Å². The summed E-state index contributed by atoms with van der Waals surface area (Å²) in [6, 6.07) is 6.69. The number of hydrogen-bond acceptors (Lipinski definition) is 7. The lowest BCUT2D eigenvalue weighted by atomic mass is 10.0. The first-order valence-electron chi connectivity index (χ1n) is 10.1. The molecule has 0 bridgehead atoms. The van der Waals surface area contributed by atoms with Crippen LogP contribution in [0.25, 0.3) is 0 Å². The van der Waals surface area contributed by atoms with Gasteiger partial charge in [-0.25, -0.2) is 8.42 Å². The Labute approximate surface area is 192 Å². The maximum Gasteiger partial charge on any atom is 0.232 e. The maximum absolute atomic E-state index is 12.3. The van der Waals surface area contributed by atoms with Crippen molar-refractivity contribution in [1.82, 2.24) is 0 Å². The van der Waals surface area contributed by atoms with Crippen LogP contribution in [0, 0.1) is 18.8 Å². The van der Waals surface area contributed by atoms with Crippen molar-refractivity contribution >= 4 is 19.7 Å². The summed E-state index contributed by atoms with van der Waals surface area (Å²) < 4.78 is 35.6. The molecule has 0 aromatic heterocycles. The largest absolute Gasteiger partial charge is 0.394 e. The number of hydrogen-bond donors (Lipinski definition) is 2. The highest BCUT2D eigenvalue weighted by Gasteiger charge is 2.34. The Morgan fingerprint density at radius 2 is 1.94 bits per heavy atom.